The number of alkyl halides is 2. The van der Waals surface area contributed by atoms with Crippen LogP contribution in [0.3, 0.4) is 0 Å². The molecule has 1 spiro atoms. The molecule has 1 aliphatic heterocycles. The van der Waals surface area contributed by atoms with E-state index in [4.69, 9.17) is 11.6 Å². The molecule has 0 radical (unpaired) electrons. The minimum absolute atomic E-state index is 0.0754. The number of nitrogens with one attached hydrogen (secondary N) is 2. The summed E-state index contributed by atoms with van der Waals surface area (Å²) in [6.45, 7) is 1.12. The lowest BCUT2D eigenvalue weighted by molar-refractivity contribution is -0.477. The number of carbonyl (C=O) groups is 1. The van der Waals surface area contributed by atoms with E-state index >= 15 is 0 Å². The van der Waals surface area contributed by atoms with Crippen molar-refractivity contribution >= 4 is 17.5 Å². The molecule has 7 atom stereocenters. The number of hydrogen-bond acceptors (Lipinski definition) is 2. The van der Waals surface area contributed by atoms with Crippen molar-refractivity contribution in [2.45, 2.75) is 56.2 Å². The zero-order valence-electron chi connectivity index (χ0n) is 16.1. The summed E-state index contributed by atoms with van der Waals surface area (Å²) in [6, 6.07) is 10.5. The Balaban J connectivity index is 1.34. The first-order valence-electron chi connectivity index (χ1n) is 10.8. The van der Waals surface area contributed by atoms with Crippen molar-refractivity contribution in [3.63, 3.8) is 0 Å². The standard InChI is InChI=1S/C23H28ClFN2O/c24-8-7-20-10-16-11-21(19(28)27-18-6-9-26-12-17(18)25)14-22(13-20,23(16,20)21)15-4-2-1-3-5-15/h1-5,16-18,26H,6-14H2,(H,27,28)/t16?,17-,18-,20?,21?,22+,23?/m1/s1. The minimum Gasteiger partial charge on any atom is -0.350 e. The fourth-order valence-electron chi connectivity index (χ4n) is 9.06. The molecular formula is C23H28ClFN2O. The number of amides is 1. The summed E-state index contributed by atoms with van der Waals surface area (Å²) in [7, 11) is 0. The van der Waals surface area contributed by atoms with Gasteiger partial charge in [0.1, 0.15) is 6.17 Å². The van der Waals surface area contributed by atoms with Crippen LogP contribution in [0.4, 0.5) is 4.39 Å². The molecule has 3 nitrogen and oxygen atoms in total. The average Bonchev–Trinajstić information content (AvgIpc) is 2.64. The lowest BCUT2D eigenvalue weighted by Gasteiger charge is -2.99. The Hall–Kier alpha value is -1.13. The van der Waals surface area contributed by atoms with Crippen molar-refractivity contribution in [2.24, 2.45) is 22.2 Å². The molecule has 1 heterocycles. The summed E-state index contributed by atoms with van der Waals surface area (Å²) in [5.74, 6) is 1.43. The Kier molecular flexibility index (Phi) is 3.49. The maximum Gasteiger partial charge on any atom is 0.227 e. The van der Waals surface area contributed by atoms with E-state index in [1.54, 1.807) is 0 Å². The number of piperidine rings is 1. The first-order valence-corrected chi connectivity index (χ1v) is 11.4. The van der Waals surface area contributed by atoms with Crippen molar-refractivity contribution in [1.29, 1.82) is 0 Å². The summed E-state index contributed by atoms with van der Waals surface area (Å²) in [5.41, 5.74) is 1.56. The van der Waals surface area contributed by atoms with Crippen LogP contribution in [0.1, 0.15) is 44.1 Å². The molecule has 2 N–H and O–H groups in total. The predicted octanol–water partition coefficient (Wildman–Crippen LogP) is 3.56. The summed E-state index contributed by atoms with van der Waals surface area (Å²) in [4.78, 5) is 13.6. The van der Waals surface area contributed by atoms with Crippen LogP contribution in [-0.2, 0) is 10.2 Å². The lowest BCUT2D eigenvalue weighted by atomic mass is 9.03. The molecule has 28 heavy (non-hydrogen) atoms. The molecule has 150 valence electrons. The molecule has 1 aromatic carbocycles. The topological polar surface area (TPSA) is 41.1 Å². The number of carbonyl (C=O) groups excluding carboxylic acids is 1. The van der Waals surface area contributed by atoms with Crippen molar-refractivity contribution < 1.29 is 9.18 Å². The van der Waals surface area contributed by atoms with Gasteiger partial charge in [-0.2, -0.15) is 0 Å². The minimum atomic E-state index is -0.989. The highest BCUT2D eigenvalue weighted by molar-refractivity contribution is 6.17. The third kappa shape index (κ3) is 1.64. The van der Waals surface area contributed by atoms with Crippen LogP contribution in [-0.4, -0.2) is 37.1 Å². The average molecular weight is 403 g/mol. The highest BCUT2D eigenvalue weighted by Gasteiger charge is 3.00. The smallest absolute Gasteiger partial charge is 0.227 e. The molecule has 4 unspecified atom stereocenters. The number of hydrogen-bond donors (Lipinski definition) is 2. The third-order valence-corrected chi connectivity index (χ3v) is 9.68. The quantitative estimate of drug-likeness (QED) is 0.739. The zero-order valence-corrected chi connectivity index (χ0v) is 16.9. The third-order valence-electron chi connectivity index (χ3n) is 9.49. The van der Waals surface area contributed by atoms with Gasteiger partial charge in [-0.1, -0.05) is 30.3 Å². The summed E-state index contributed by atoms with van der Waals surface area (Å²) in [5, 5.41) is 6.23. The Morgan fingerprint density at radius 3 is 2.79 bits per heavy atom. The summed E-state index contributed by atoms with van der Waals surface area (Å²) in [6.07, 6.45) is 5.00. The van der Waals surface area contributed by atoms with Crippen LogP contribution in [0.2, 0.25) is 0 Å². The van der Waals surface area contributed by atoms with E-state index in [1.165, 1.54) is 18.4 Å². The van der Waals surface area contributed by atoms with Crippen LogP contribution >= 0.6 is 11.6 Å². The van der Waals surface area contributed by atoms with E-state index in [2.05, 4.69) is 41.0 Å². The van der Waals surface area contributed by atoms with Gasteiger partial charge >= 0.3 is 0 Å². The van der Waals surface area contributed by atoms with Crippen LogP contribution in [0.25, 0.3) is 0 Å². The zero-order chi connectivity index (χ0) is 19.2. The van der Waals surface area contributed by atoms with Gasteiger partial charge in [0.2, 0.25) is 5.91 Å². The van der Waals surface area contributed by atoms with Gasteiger partial charge in [-0.25, -0.2) is 4.39 Å². The van der Waals surface area contributed by atoms with Gasteiger partial charge in [0.15, 0.2) is 0 Å². The van der Waals surface area contributed by atoms with Crippen LogP contribution in [0, 0.1) is 22.2 Å². The fraction of sp³-hybridized carbons (Fsp3) is 0.696. The van der Waals surface area contributed by atoms with Crippen LogP contribution < -0.4 is 10.6 Å². The normalized spacial score (nSPS) is 50.0. The van der Waals surface area contributed by atoms with Crippen molar-refractivity contribution in [3.05, 3.63) is 35.9 Å². The molecule has 1 saturated heterocycles. The SMILES string of the molecule is O=C(N[C@@H]1CCNC[C@H]1F)C12CC3CC4(CCCl)C[C@@](c5ccccc5)(C1)C342. The summed E-state index contributed by atoms with van der Waals surface area (Å²) < 4.78 is 14.3. The summed E-state index contributed by atoms with van der Waals surface area (Å²) >= 11 is 6.23. The Bertz CT molecular complexity index is 831. The van der Waals surface area contributed by atoms with Crippen LogP contribution in [0.5, 0.6) is 0 Å². The van der Waals surface area contributed by atoms with Crippen molar-refractivity contribution in [1.82, 2.24) is 10.6 Å². The van der Waals surface area contributed by atoms with Gasteiger partial charge in [0, 0.05) is 23.3 Å². The lowest BCUT2D eigenvalue weighted by Crippen LogP contribution is -2.98. The molecule has 5 heteroatoms. The van der Waals surface area contributed by atoms with Gasteiger partial charge in [-0.15, -0.1) is 11.6 Å². The number of rotatable bonds is 5. The fourth-order valence-corrected chi connectivity index (χ4v) is 9.42. The molecule has 0 bridgehead atoms. The Labute approximate surface area is 170 Å². The molecule has 0 aromatic heterocycles. The maximum absolute atomic E-state index is 14.3. The molecule has 5 aliphatic rings. The van der Waals surface area contributed by atoms with Gasteiger partial charge < -0.3 is 10.6 Å². The van der Waals surface area contributed by atoms with Crippen LogP contribution in [0.15, 0.2) is 30.3 Å². The van der Waals surface area contributed by atoms with E-state index in [9.17, 15) is 9.18 Å². The van der Waals surface area contributed by atoms with Crippen molar-refractivity contribution in [3.8, 4) is 0 Å². The molecule has 1 amide bonds. The van der Waals surface area contributed by atoms with E-state index in [0.29, 0.717) is 24.8 Å². The van der Waals surface area contributed by atoms with E-state index in [-0.39, 0.29) is 33.6 Å². The molecule has 5 fully saturated rings. The molecule has 4 aliphatic carbocycles. The van der Waals surface area contributed by atoms with Gasteiger partial charge in [0.05, 0.1) is 11.5 Å². The van der Waals surface area contributed by atoms with E-state index in [1.807, 2.05) is 0 Å². The first kappa shape index (κ1) is 17.7. The van der Waals surface area contributed by atoms with E-state index < -0.39 is 6.17 Å². The highest BCUT2D eigenvalue weighted by Crippen LogP contribution is 3.02. The largest absolute Gasteiger partial charge is 0.350 e. The molecule has 4 saturated carbocycles. The molecular weight excluding hydrogens is 375 g/mol. The number of halogens is 2. The second kappa shape index (κ2) is 5.51. The molecule has 6 rings (SSSR count). The Morgan fingerprint density at radius 2 is 2.07 bits per heavy atom. The monoisotopic (exact) mass is 402 g/mol. The first-order chi connectivity index (χ1) is 13.6. The molecule has 1 aromatic rings. The van der Waals surface area contributed by atoms with Gasteiger partial charge in [-0.3, -0.25) is 4.79 Å². The second-order valence-corrected chi connectivity index (χ2v) is 10.5. The highest BCUT2D eigenvalue weighted by atomic mass is 35.5. The van der Waals surface area contributed by atoms with Gasteiger partial charge in [-0.05, 0) is 62.0 Å². The van der Waals surface area contributed by atoms with E-state index in [0.717, 1.165) is 25.8 Å². The number of benzene rings is 1. The maximum atomic E-state index is 14.3. The second-order valence-electron chi connectivity index (χ2n) is 10.1. The predicted molar refractivity (Wildman–Crippen MR) is 107 cm³/mol. The Morgan fingerprint density at radius 1 is 1.25 bits per heavy atom. The van der Waals surface area contributed by atoms with Gasteiger partial charge in [0.25, 0.3) is 0 Å². The van der Waals surface area contributed by atoms with Crippen molar-refractivity contribution in [2.75, 3.05) is 19.0 Å².